The van der Waals surface area contributed by atoms with Gasteiger partial charge in [0.1, 0.15) is 0 Å². The summed E-state index contributed by atoms with van der Waals surface area (Å²) in [5, 5.41) is 2.86. The summed E-state index contributed by atoms with van der Waals surface area (Å²) in [4.78, 5) is 34.6. The molecule has 7 nitrogen and oxygen atoms in total. The van der Waals surface area contributed by atoms with E-state index in [2.05, 4.69) is 15.3 Å². The van der Waals surface area contributed by atoms with Crippen LogP contribution in [-0.4, -0.2) is 47.1 Å². The number of para-hydroxylation sites is 1. The fourth-order valence-corrected chi connectivity index (χ4v) is 3.09. The molecule has 4 rings (SSSR count). The summed E-state index contributed by atoms with van der Waals surface area (Å²) >= 11 is 0. The molecule has 2 aromatic rings. The van der Waals surface area contributed by atoms with Gasteiger partial charge in [0.15, 0.2) is 0 Å². The number of nitrogens with zero attached hydrogens (tertiary/aromatic N) is 3. The van der Waals surface area contributed by atoms with E-state index >= 15 is 0 Å². The van der Waals surface area contributed by atoms with Crippen LogP contribution >= 0.6 is 0 Å². The number of nitrogens with one attached hydrogen (secondary N) is 2. The Morgan fingerprint density at radius 1 is 1.15 bits per heavy atom. The van der Waals surface area contributed by atoms with Crippen LogP contribution in [0, 0.1) is 5.82 Å². The van der Waals surface area contributed by atoms with Gasteiger partial charge in [-0.05, 0) is 25.0 Å². The van der Waals surface area contributed by atoms with Gasteiger partial charge in [0.05, 0.1) is 5.69 Å². The van der Waals surface area contributed by atoms with Crippen LogP contribution in [0.1, 0.15) is 24.5 Å². The van der Waals surface area contributed by atoms with E-state index < -0.39 is 11.4 Å². The summed E-state index contributed by atoms with van der Waals surface area (Å²) in [5.74, 6) is -0.312. The maximum atomic E-state index is 13.9. The van der Waals surface area contributed by atoms with Gasteiger partial charge in [-0.1, -0.05) is 18.2 Å². The molecule has 1 aliphatic carbocycles. The third-order valence-electron chi connectivity index (χ3n) is 4.73. The van der Waals surface area contributed by atoms with Gasteiger partial charge >= 0.3 is 6.03 Å². The van der Waals surface area contributed by atoms with E-state index in [1.54, 1.807) is 4.90 Å². The molecule has 1 saturated heterocycles. The number of piperazine rings is 1. The maximum Gasteiger partial charge on any atom is 0.321 e. The first-order chi connectivity index (χ1) is 12.6. The number of rotatable bonds is 3. The number of aromatic nitrogens is 2. The average Bonchev–Trinajstić information content (AvgIpc) is 3.50. The minimum Gasteiger partial charge on any atom is -0.339 e. The van der Waals surface area contributed by atoms with Crippen LogP contribution in [0.4, 0.5) is 20.8 Å². The van der Waals surface area contributed by atoms with Crippen LogP contribution in [0.2, 0.25) is 0 Å². The van der Waals surface area contributed by atoms with Crippen LogP contribution in [0.25, 0.3) is 0 Å². The Balaban J connectivity index is 1.41. The highest BCUT2D eigenvalue weighted by atomic mass is 19.1. The Bertz CT molecular complexity index is 858. The second kappa shape index (κ2) is 6.78. The second-order valence-electron chi connectivity index (χ2n) is 6.63. The number of aromatic amines is 1. The summed E-state index contributed by atoms with van der Waals surface area (Å²) in [6.07, 6.45) is 1.75. The van der Waals surface area contributed by atoms with Crippen molar-refractivity contribution < 1.29 is 9.18 Å². The first-order valence-electron chi connectivity index (χ1n) is 8.77. The van der Waals surface area contributed by atoms with Gasteiger partial charge in [0, 0.05) is 37.8 Å². The zero-order valence-electron chi connectivity index (χ0n) is 14.2. The monoisotopic (exact) mass is 357 g/mol. The highest BCUT2D eigenvalue weighted by molar-refractivity contribution is 5.89. The molecule has 2 N–H and O–H groups in total. The van der Waals surface area contributed by atoms with Gasteiger partial charge in [0.2, 0.25) is 11.8 Å². The van der Waals surface area contributed by atoms with Gasteiger partial charge in [-0.3, -0.25) is 9.78 Å². The van der Waals surface area contributed by atoms with Crippen molar-refractivity contribution in [1.82, 2.24) is 14.9 Å². The van der Waals surface area contributed by atoms with Crippen LogP contribution in [0.3, 0.4) is 0 Å². The van der Waals surface area contributed by atoms with Crippen molar-refractivity contribution >= 4 is 17.7 Å². The fraction of sp³-hybridized carbons (Fsp3) is 0.389. The zero-order chi connectivity index (χ0) is 18.1. The molecule has 8 heteroatoms. The highest BCUT2D eigenvalue weighted by Crippen LogP contribution is 2.39. The third-order valence-corrected chi connectivity index (χ3v) is 4.73. The van der Waals surface area contributed by atoms with Crippen LogP contribution in [-0.2, 0) is 0 Å². The Labute approximate surface area is 149 Å². The average molecular weight is 357 g/mol. The Morgan fingerprint density at radius 3 is 2.50 bits per heavy atom. The molecule has 1 aliphatic heterocycles. The molecule has 2 fully saturated rings. The lowest BCUT2D eigenvalue weighted by Crippen LogP contribution is -2.50. The number of urea groups is 1. The van der Waals surface area contributed by atoms with E-state index in [0.717, 1.165) is 18.5 Å². The van der Waals surface area contributed by atoms with E-state index in [9.17, 15) is 14.0 Å². The fourth-order valence-electron chi connectivity index (χ4n) is 3.09. The lowest BCUT2D eigenvalue weighted by Gasteiger charge is -2.35. The molecule has 2 heterocycles. The third kappa shape index (κ3) is 3.40. The minimum atomic E-state index is -0.767. The Hall–Kier alpha value is -2.90. The maximum absolute atomic E-state index is 13.9. The van der Waals surface area contributed by atoms with Gasteiger partial charge in [-0.2, -0.15) is 4.39 Å². The number of anilines is 2. The second-order valence-corrected chi connectivity index (χ2v) is 6.63. The topological polar surface area (TPSA) is 81.3 Å². The quantitative estimate of drug-likeness (QED) is 0.882. The van der Waals surface area contributed by atoms with Gasteiger partial charge in [-0.25, -0.2) is 9.78 Å². The number of carbonyl (C=O) groups is 1. The summed E-state index contributed by atoms with van der Waals surface area (Å²) in [6.45, 7) is 2.05. The van der Waals surface area contributed by atoms with Crippen molar-refractivity contribution in [3.8, 4) is 0 Å². The van der Waals surface area contributed by atoms with E-state index in [1.165, 1.54) is 0 Å². The highest BCUT2D eigenvalue weighted by Gasteiger charge is 2.31. The number of hydrogen-bond donors (Lipinski definition) is 2. The molecular formula is C18H20FN5O2. The molecule has 0 bridgehead atoms. The summed E-state index contributed by atoms with van der Waals surface area (Å²) in [5.41, 5.74) is 0.299. The minimum absolute atomic E-state index is 0.0639. The summed E-state index contributed by atoms with van der Waals surface area (Å²) < 4.78 is 13.9. The predicted octanol–water partition coefficient (Wildman–Crippen LogP) is 2.14. The van der Waals surface area contributed by atoms with E-state index in [1.807, 2.05) is 35.2 Å². The molecule has 0 spiro atoms. The standard InChI is InChI=1S/C18H20FN5O2/c19-14-15(12-6-7-12)21-17(22-16(14)25)23-8-10-24(11-9-23)18(26)20-13-4-2-1-3-5-13/h1-5,12H,6-11H2,(H,20,26)(H,21,22,25). The number of amides is 2. The summed E-state index contributed by atoms with van der Waals surface area (Å²) in [7, 11) is 0. The van der Waals surface area contributed by atoms with Crippen molar-refractivity contribution in [2.75, 3.05) is 36.4 Å². The van der Waals surface area contributed by atoms with Crippen LogP contribution in [0.5, 0.6) is 0 Å². The molecule has 1 saturated carbocycles. The van der Waals surface area contributed by atoms with Crippen molar-refractivity contribution in [3.63, 3.8) is 0 Å². The first-order valence-corrected chi connectivity index (χ1v) is 8.77. The number of benzene rings is 1. The van der Waals surface area contributed by atoms with Gasteiger partial charge in [-0.15, -0.1) is 0 Å². The molecule has 26 heavy (non-hydrogen) atoms. The Kier molecular flexibility index (Phi) is 4.32. The smallest absolute Gasteiger partial charge is 0.321 e. The normalized spacial score (nSPS) is 17.3. The predicted molar refractivity (Wildman–Crippen MR) is 96.0 cm³/mol. The first kappa shape index (κ1) is 16.6. The molecule has 0 radical (unpaired) electrons. The number of H-pyrrole nitrogens is 1. The molecule has 1 aromatic carbocycles. The lowest BCUT2D eigenvalue weighted by atomic mass is 10.2. The van der Waals surface area contributed by atoms with Crippen molar-refractivity contribution in [2.45, 2.75) is 18.8 Å². The number of hydrogen-bond acceptors (Lipinski definition) is 4. The number of carbonyl (C=O) groups excluding carboxylic acids is 1. The van der Waals surface area contributed by atoms with E-state index in [4.69, 9.17) is 0 Å². The largest absolute Gasteiger partial charge is 0.339 e. The van der Waals surface area contributed by atoms with Crippen molar-refractivity contribution in [2.24, 2.45) is 0 Å². The molecular weight excluding hydrogens is 337 g/mol. The lowest BCUT2D eigenvalue weighted by molar-refractivity contribution is 0.208. The van der Waals surface area contributed by atoms with E-state index in [0.29, 0.717) is 32.1 Å². The molecule has 0 unspecified atom stereocenters. The Morgan fingerprint density at radius 2 is 1.85 bits per heavy atom. The molecule has 2 aliphatic rings. The number of halogens is 1. The SMILES string of the molecule is O=C(Nc1ccccc1)N1CCN(c2nc(C3CC3)c(F)c(=O)[nH]2)CC1. The van der Waals surface area contributed by atoms with Crippen LogP contribution < -0.4 is 15.8 Å². The van der Waals surface area contributed by atoms with Crippen LogP contribution in [0.15, 0.2) is 35.1 Å². The van der Waals surface area contributed by atoms with Crippen molar-refractivity contribution in [1.29, 1.82) is 0 Å². The van der Waals surface area contributed by atoms with Gasteiger partial charge in [0.25, 0.3) is 5.56 Å². The summed E-state index contributed by atoms with van der Waals surface area (Å²) in [6, 6.07) is 9.13. The van der Waals surface area contributed by atoms with Crippen molar-refractivity contribution in [3.05, 3.63) is 52.2 Å². The molecule has 1 aromatic heterocycles. The zero-order valence-corrected chi connectivity index (χ0v) is 14.2. The molecule has 2 amide bonds. The molecule has 136 valence electrons. The van der Waals surface area contributed by atoms with E-state index in [-0.39, 0.29) is 17.6 Å². The van der Waals surface area contributed by atoms with Gasteiger partial charge < -0.3 is 15.1 Å². The molecule has 0 atom stereocenters.